The van der Waals surface area contributed by atoms with Gasteiger partial charge in [0, 0.05) is 22.7 Å². The van der Waals surface area contributed by atoms with E-state index in [0.29, 0.717) is 5.69 Å². The van der Waals surface area contributed by atoms with E-state index in [1.807, 2.05) is 42.7 Å². The number of carbonyl (C=O) groups excluding carboxylic acids is 3. The van der Waals surface area contributed by atoms with Gasteiger partial charge in [-0.1, -0.05) is 37.5 Å². The number of rotatable bonds is 6. The minimum Gasteiger partial charge on any atom is -0.359 e. The molecule has 7 nitrogen and oxygen atoms in total. The first-order valence-electron chi connectivity index (χ1n) is 12.5. The zero-order valence-corrected chi connectivity index (χ0v) is 20.2. The number of nitrogens with zero attached hydrogens (tertiary/aromatic N) is 1. The van der Waals surface area contributed by atoms with Gasteiger partial charge in [-0.2, -0.15) is 0 Å². The van der Waals surface area contributed by atoms with Gasteiger partial charge in [-0.15, -0.1) is 11.8 Å². The van der Waals surface area contributed by atoms with E-state index in [1.165, 1.54) is 6.42 Å². The molecular formula is C26H31N3O4S. The minimum absolute atomic E-state index is 0.0626. The molecule has 0 unspecified atom stereocenters. The fourth-order valence-corrected chi connectivity index (χ4v) is 6.87. The summed E-state index contributed by atoms with van der Waals surface area (Å²) in [6.07, 6.45) is 12.5. The Kier molecular flexibility index (Phi) is 5.48. The number of nitrogens with one attached hydrogen (secondary N) is 2. The van der Waals surface area contributed by atoms with Gasteiger partial charge in [-0.25, -0.2) is 0 Å². The fourth-order valence-electron chi connectivity index (χ4n) is 6.41. The van der Waals surface area contributed by atoms with E-state index < -0.39 is 29.6 Å². The van der Waals surface area contributed by atoms with E-state index in [-0.39, 0.29) is 29.8 Å². The van der Waals surface area contributed by atoms with E-state index in [4.69, 9.17) is 4.74 Å². The second-order valence-corrected chi connectivity index (χ2v) is 11.1. The van der Waals surface area contributed by atoms with Crippen molar-refractivity contribution in [3.8, 4) is 0 Å². The second-order valence-electron chi connectivity index (χ2n) is 10.2. The van der Waals surface area contributed by atoms with Crippen LogP contribution in [-0.4, -0.2) is 58.7 Å². The minimum atomic E-state index is -1.06. The lowest BCUT2D eigenvalue weighted by atomic mass is 9.74. The Hall–Kier alpha value is -2.32. The van der Waals surface area contributed by atoms with Gasteiger partial charge in [0.05, 0.1) is 17.9 Å². The van der Waals surface area contributed by atoms with Crippen molar-refractivity contribution in [2.75, 3.05) is 11.6 Å². The summed E-state index contributed by atoms with van der Waals surface area (Å²) in [5, 5.41) is 6.24. The van der Waals surface area contributed by atoms with Crippen LogP contribution in [0.25, 0.3) is 0 Å². The van der Waals surface area contributed by atoms with Crippen LogP contribution >= 0.6 is 11.8 Å². The molecule has 2 saturated heterocycles. The van der Waals surface area contributed by atoms with Gasteiger partial charge in [0.2, 0.25) is 17.7 Å². The molecular weight excluding hydrogens is 450 g/mol. The zero-order chi connectivity index (χ0) is 23.4. The molecule has 180 valence electrons. The summed E-state index contributed by atoms with van der Waals surface area (Å²) in [6.45, 7) is 0. The highest BCUT2D eigenvalue weighted by Crippen LogP contribution is 2.57. The first-order chi connectivity index (χ1) is 16.5. The van der Waals surface area contributed by atoms with Gasteiger partial charge in [0.1, 0.15) is 11.6 Å². The summed E-state index contributed by atoms with van der Waals surface area (Å²) in [5.74, 6) is -1.79. The van der Waals surface area contributed by atoms with Crippen LogP contribution in [0.1, 0.15) is 44.9 Å². The maximum atomic E-state index is 13.8. The number of anilines is 1. The Bertz CT molecular complexity index is 1050. The molecule has 5 aliphatic rings. The molecule has 0 radical (unpaired) electrons. The molecule has 5 atom stereocenters. The summed E-state index contributed by atoms with van der Waals surface area (Å²) >= 11 is 1.60. The lowest BCUT2D eigenvalue weighted by Crippen LogP contribution is -2.57. The number of thioether (sulfide) groups is 1. The van der Waals surface area contributed by atoms with Crippen molar-refractivity contribution in [2.24, 2.45) is 11.8 Å². The van der Waals surface area contributed by atoms with E-state index in [2.05, 4.69) is 10.6 Å². The average Bonchev–Trinajstić information content (AvgIpc) is 3.44. The van der Waals surface area contributed by atoms with Crippen LogP contribution in [0.2, 0.25) is 0 Å². The molecule has 6 rings (SSSR count). The van der Waals surface area contributed by atoms with Crippen LogP contribution in [0.5, 0.6) is 0 Å². The summed E-state index contributed by atoms with van der Waals surface area (Å²) in [4.78, 5) is 43.7. The van der Waals surface area contributed by atoms with E-state index in [9.17, 15) is 14.4 Å². The maximum absolute atomic E-state index is 13.8. The summed E-state index contributed by atoms with van der Waals surface area (Å²) in [5.41, 5.74) is -0.361. The van der Waals surface area contributed by atoms with Crippen molar-refractivity contribution in [1.29, 1.82) is 0 Å². The van der Waals surface area contributed by atoms with E-state index in [0.717, 1.165) is 43.4 Å². The number of likely N-dealkylation sites (tertiary alicyclic amines) is 1. The second kappa shape index (κ2) is 8.41. The molecule has 1 spiro atoms. The Balaban J connectivity index is 1.28. The first kappa shape index (κ1) is 22.2. The monoisotopic (exact) mass is 481 g/mol. The molecule has 2 bridgehead atoms. The Morgan fingerprint density at radius 1 is 1.12 bits per heavy atom. The highest BCUT2D eigenvalue weighted by molar-refractivity contribution is 7.98. The molecule has 3 heterocycles. The number of amides is 3. The molecule has 2 aliphatic carbocycles. The van der Waals surface area contributed by atoms with Gasteiger partial charge in [-0.3, -0.25) is 14.4 Å². The van der Waals surface area contributed by atoms with Crippen LogP contribution in [0, 0.1) is 11.8 Å². The van der Waals surface area contributed by atoms with Crippen molar-refractivity contribution >= 4 is 35.2 Å². The third kappa shape index (κ3) is 3.49. The number of hydrogen-bond acceptors (Lipinski definition) is 5. The third-order valence-electron chi connectivity index (χ3n) is 8.09. The van der Waals surface area contributed by atoms with Gasteiger partial charge in [0.15, 0.2) is 0 Å². The first-order valence-corrected chi connectivity index (χ1v) is 13.7. The third-order valence-corrected chi connectivity index (χ3v) is 8.82. The van der Waals surface area contributed by atoms with Crippen LogP contribution in [0.3, 0.4) is 0 Å². The standard InChI is InChI=1S/C26H31N3O4S/c1-34-18-9-5-8-16(14-18)28-23(30)20-19-12-13-26(33-19)21(20)25(32)29(17-10-11-17)22(26)24(31)27-15-6-3-2-4-7-15/h5,8-9,12-15,17,19-22H,2-4,6-7,10-11H2,1H3,(H,27,31)(H,28,30)/t19-,20-,21-,22+,26-/m1/s1. The summed E-state index contributed by atoms with van der Waals surface area (Å²) in [6, 6.07) is 7.17. The van der Waals surface area contributed by atoms with Crippen molar-refractivity contribution in [3.05, 3.63) is 36.4 Å². The van der Waals surface area contributed by atoms with Crippen molar-refractivity contribution in [2.45, 2.75) is 79.7 Å². The lowest BCUT2D eigenvalue weighted by molar-refractivity contribution is -0.142. The van der Waals surface area contributed by atoms with Crippen molar-refractivity contribution in [1.82, 2.24) is 10.2 Å². The molecule has 2 saturated carbocycles. The smallest absolute Gasteiger partial charge is 0.246 e. The Morgan fingerprint density at radius 3 is 2.65 bits per heavy atom. The van der Waals surface area contributed by atoms with Gasteiger partial charge in [0.25, 0.3) is 0 Å². The quantitative estimate of drug-likeness (QED) is 0.482. The molecule has 0 aromatic heterocycles. The van der Waals surface area contributed by atoms with Crippen LogP contribution in [0.15, 0.2) is 41.3 Å². The number of hydrogen-bond donors (Lipinski definition) is 2. The van der Waals surface area contributed by atoms with E-state index >= 15 is 0 Å². The zero-order valence-electron chi connectivity index (χ0n) is 19.4. The molecule has 1 aromatic rings. The van der Waals surface area contributed by atoms with Gasteiger partial charge < -0.3 is 20.3 Å². The van der Waals surface area contributed by atoms with Gasteiger partial charge in [-0.05, 0) is 50.1 Å². The molecule has 1 aromatic carbocycles. The Labute approximate surface area is 204 Å². The van der Waals surface area contributed by atoms with Crippen LogP contribution in [-0.2, 0) is 19.1 Å². The fraction of sp³-hybridized carbons (Fsp3) is 0.577. The number of benzene rings is 1. The SMILES string of the molecule is CSc1cccc(NC(=O)[C@@H]2[C@H]3C=C[C@]4(O3)[C@H](C(=O)NC3CCCCC3)N(C3CC3)C(=O)[C@@H]24)c1. The molecule has 3 aliphatic heterocycles. The molecule has 34 heavy (non-hydrogen) atoms. The average molecular weight is 482 g/mol. The van der Waals surface area contributed by atoms with Crippen molar-refractivity contribution in [3.63, 3.8) is 0 Å². The molecule has 8 heteroatoms. The van der Waals surface area contributed by atoms with Crippen LogP contribution < -0.4 is 10.6 Å². The summed E-state index contributed by atoms with van der Waals surface area (Å²) < 4.78 is 6.40. The van der Waals surface area contributed by atoms with Gasteiger partial charge >= 0.3 is 0 Å². The highest BCUT2D eigenvalue weighted by atomic mass is 32.2. The van der Waals surface area contributed by atoms with Crippen molar-refractivity contribution < 1.29 is 19.1 Å². The molecule has 4 fully saturated rings. The lowest BCUT2D eigenvalue weighted by Gasteiger charge is -2.34. The van der Waals surface area contributed by atoms with Crippen LogP contribution in [0.4, 0.5) is 5.69 Å². The molecule has 2 N–H and O–H groups in total. The predicted octanol–water partition coefficient (Wildman–Crippen LogP) is 3.11. The highest BCUT2D eigenvalue weighted by Gasteiger charge is 2.74. The largest absolute Gasteiger partial charge is 0.359 e. The van der Waals surface area contributed by atoms with E-state index in [1.54, 1.807) is 16.7 Å². The normalized spacial score (nSPS) is 34.4. The summed E-state index contributed by atoms with van der Waals surface area (Å²) in [7, 11) is 0. The Morgan fingerprint density at radius 2 is 1.91 bits per heavy atom. The molecule has 3 amide bonds. The number of fused-ring (bicyclic) bond motifs is 1. The predicted molar refractivity (Wildman–Crippen MR) is 129 cm³/mol. The number of carbonyl (C=O) groups is 3. The maximum Gasteiger partial charge on any atom is 0.246 e. The topological polar surface area (TPSA) is 87.7 Å². The number of ether oxygens (including phenoxy) is 1.